The minimum atomic E-state index is -0.0200. The van der Waals surface area contributed by atoms with Gasteiger partial charge in [0.15, 0.2) is 11.5 Å². The molecule has 0 aromatic heterocycles. The van der Waals surface area contributed by atoms with E-state index in [4.69, 9.17) is 25.8 Å². The van der Waals surface area contributed by atoms with Crippen LogP contribution in [0.15, 0.2) is 42.5 Å². The molecule has 7 heteroatoms. The third-order valence-corrected chi connectivity index (χ3v) is 5.27. The van der Waals surface area contributed by atoms with E-state index in [1.165, 1.54) is 0 Å². The van der Waals surface area contributed by atoms with Crippen LogP contribution in [0.4, 0.5) is 5.69 Å². The van der Waals surface area contributed by atoms with Crippen LogP contribution in [0, 0.1) is 0 Å². The summed E-state index contributed by atoms with van der Waals surface area (Å²) in [5.74, 6) is 1.88. The van der Waals surface area contributed by atoms with Gasteiger partial charge < -0.3 is 24.0 Å². The number of amides is 1. The number of hydrogen-bond donors (Lipinski definition) is 0. The number of benzene rings is 2. The van der Waals surface area contributed by atoms with Crippen molar-refractivity contribution < 1.29 is 19.0 Å². The van der Waals surface area contributed by atoms with Crippen molar-refractivity contribution in [1.29, 1.82) is 0 Å². The molecular weight excluding hydrogens is 404 g/mol. The van der Waals surface area contributed by atoms with Gasteiger partial charge in [0.1, 0.15) is 5.75 Å². The highest BCUT2D eigenvalue weighted by molar-refractivity contribution is 6.32. The topological polar surface area (TPSA) is 51.2 Å². The molecule has 2 aromatic rings. The summed E-state index contributed by atoms with van der Waals surface area (Å²) >= 11 is 6.30. The fraction of sp³-hybridized carbons (Fsp3) is 0.348. The van der Waals surface area contributed by atoms with Gasteiger partial charge in [-0.2, -0.15) is 0 Å². The Kier molecular flexibility index (Phi) is 7.46. The Morgan fingerprint density at radius 2 is 1.77 bits per heavy atom. The molecule has 0 aliphatic carbocycles. The molecule has 2 aromatic carbocycles. The first kappa shape index (κ1) is 21.8. The van der Waals surface area contributed by atoms with Crippen LogP contribution >= 0.6 is 11.6 Å². The second kappa shape index (κ2) is 10.3. The van der Waals surface area contributed by atoms with E-state index < -0.39 is 0 Å². The zero-order valence-corrected chi connectivity index (χ0v) is 18.3. The minimum absolute atomic E-state index is 0.0200. The van der Waals surface area contributed by atoms with E-state index in [0.29, 0.717) is 36.2 Å². The Morgan fingerprint density at radius 1 is 1.07 bits per heavy atom. The molecule has 1 heterocycles. The highest BCUT2D eigenvalue weighted by atomic mass is 35.5. The first-order valence-corrected chi connectivity index (χ1v) is 10.3. The molecule has 0 radical (unpaired) electrons. The Bertz CT molecular complexity index is 891. The van der Waals surface area contributed by atoms with Crippen LogP contribution in [0.3, 0.4) is 0 Å². The lowest BCUT2D eigenvalue weighted by Crippen LogP contribution is -2.48. The third-order valence-electron chi connectivity index (χ3n) is 4.99. The van der Waals surface area contributed by atoms with E-state index in [9.17, 15) is 4.79 Å². The van der Waals surface area contributed by atoms with Crippen molar-refractivity contribution in [2.24, 2.45) is 0 Å². The zero-order valence-electron chi connectivity index (χ0n) is 17.6. The average Bonchev–Trinajstić information content (AvgIpc) is 2.79. The maximum absolute atomic E-state index is 12.6. The van der Waals surface area contributed by atoms with Gasteiger partial charge in [0.05, 0.1) is 25.8 Å². The Hall–Kier alpha value is -2.86. The summed E-state index contributed by atoms with van der Waals surface area (Å²) in [5.41, 5.74) is 1.92. The van der Waals surface area contributed by atoms with Crippen molar-refractivity contribution in [2.45, 2.75) is 6.92 Å². The first-order chi connectivity index (χ1) is 14.5. The summed E-state index contributed by atoms with van der Waals surface area (Å²) in [6.45, 7) is 5.29. The lowest BCUT2D eigenvalue weighted by molar-refractivity contribution is -0.126. The number of hydrogen-bond acceptors (Lipinski definition) is 5. The number of methoxy groups -OCH3 is 2. The Morgan fingerprint density at radius 3 is 2.37 bits per heavy atom. The predicted octanol–water partition coefficient (Wildman–Crippen LogP) is 4.12. The number of ether oxygens (including phenoxy) is 3. The van der Waals surface area contributed by atoms with Crippen molar-refractivity contribution in [2.75, 3.05) is 51.9 Å². The van der Waals surface area contributed by atoms with Crippen LogP contribution in [-0.2, 0) is 4.79 Å². The summed E-state index contributed by atoms with van der Waals surface area (Å²) < 4.78 is 16.1. The Labute approximate surface area is 182 Å². The number of halogens is 1. The molecule has 1 aliphatic rings. The second-order valence-electron chi connectivity index (χ2n) is 6.81. The number of anilines is 1. The second-order valence-corrected chi connectivity index (χ2v) is 7.22. The number of nitrogens with zero attached hydrogens (tertiary/aromatic N) is 2. The Balaban J connectivity index is 1.60. The molecule has 0 bridgehead atoms. The lowest BCUT2D eigenvalue weighted by atomic mass is 10.1. The van der Waals surface area contributed by atoms with Crippen molar-refractivity contribution in [3.63, 3.8) is 0 Å². The van der Waals surface area contributed by atoms with Crippen molar-refractivity contribution in [3.8, 4) is 17.2 Å². The molecule has 1 saturated heterocycles. The SMILES string of the molecule is CCOc1c(Cl)cc(/C=C/C(=O)N2CCN(c3ccc(OC)cc3)CC2)cc1OC. The standard InChI is InChI=1S/C23H27ClN2O4/c1-4-30-23-20(24)15-17(16-21(23)29-3)5-10-22(27)26-13-11-25(12-14-26)18-6-8-19(28-2)9-7-18/h5-10,15-16H,4,11-14H2,1-3H3/b10-5+. The highest BCUT2D eigenvalue weighted by Gasteiger charge is 2.20. The molecule has 3 rings (SSSR count). The number of rotatable bonds is 7. The van der Waals surface area contributed by atoms with Gasteiger partial charge in [-0.15, -0.1) is 0 Å². The number of piperazine rings is 1. The van der Waals surface area contributed by atoms with E-state index in [-0.39, 0.29) is 5.91 Å². The molecule has 0 unspecified atom stereocenters. The maximum Gasteiger partial charge on any atom is 0.246 e. The van der Waals surface area contributed by atoms with Crippen LogP contribution in [0.1, 0.15) is 12.5 Å². The normalized spacial score (nSPS) is 14.1. The average molecular weight is 431 g/mol. The van der Waals surface area contributed by atoms with Gasteiger partial charge in [-0.05, 0) is 55.0 Å². The molecule has 1 aliphatic heterocycles. The van der Waals surface area contributed by atoms with Gasteiger partial charge in [0, 0.05) is 37.9 Å². The smallest absolute Gasteiger partial charge is 0.246 e. The van der Waals surface area contributed by atoms with Crippen molar-refractivity contribution in [3.05, 3.63) is 53.1 Å². The quantitative estimate of drug-likeness (QED) is 0.618. The monoisotopic (exact) mass is 430 g/mol. The van der Waals surface area contributed by atoms with E-state index in [0.717, 1.165) is 30.1 Å². The molecular formula is C23H27ClN2O4. The predicted molar refractivity (Wildman–Crippen MR) is 120 cm³/mol. The maximum atomic E-state index is 12.6. The molecule has 0 N–H and O–H groups in total. The molecule has 0 spiro atoms. The third kappa shape index (κ3) is 5.19. The minimum Gasteiger partial charge on any atom is -0.497 e. The lowest BCUT2D eigenvalue weighted by Gasteiger charge is -2.35. The molecule has 160 valence electrons. The van der Waals surface area contributed by atoms with Crippen molar-refractivity contribution in [1.82, 2.24) is 4.90 Å². The van der Waals surface area contributed by atoms with E-state index in [2.05, 4.69) is 4.90 Å². The number of carbonyl (C=O) groups is 1. The van der Waals surface area contributed by atoms with Crippen LogP contribution in [0.2, 0.25) is 5.02 Å². The van der Waals surface area contributed by atoms with Crippen LogP contribution < -0.4 is 19.1 Å². The van der Waals surface area contributed by atoms with Gasteiger partial charge in [-0.25, -0.2) is 0 Å². The molecule has 0 saturated carbocycles. The molecule has 0 atom stereocenters. The van der Waals surface area contributed by atoms with Gasteiger partial charge in [0.2, 0.25) is 5.91 Å². The molecule has 30 heavy (non-hydrogen) atoms. The summed E-state index contributed by atoms with van der Waals surface area (Å²) in [5, 5.41) is 0.455. The van der Waals surface area contributed by atoms with E-state index in [1.54, 1.807) is 32.4 Å². The summed E-state index contributed by atoms with van der Waals surface area (Å²) in [7, 11) is 3.22. The first-order valence-electron chi connectivity index (χ1n) is 9.92. The van der Waals surface area contributed by atoms with Gasteiger partial charge in [0.25, 0.3) is 0 Å². The fourth-order valence-electron chi connectivity index (χ4n) is 3.37. The van der Waals surface area contributed by atoms with E-state index >= 15 is 0 Å². The van der Waals surface area contributed by atoms with Gasteiger partial charge in [-0.1, -0.05) is 11.6 Å². The zero-order chi connectivity index (χ0) is 21.5. The van der Waals surface area contributed by atoms with Gasteiger partial charge >= 0.3 is 0 Å². The van der Waals surface area contributed by atoms with Crippen LogP contribution in [-0.4, -0.2) is 57.8 Å². The summed E-state index contributed by atoms with van der Waals surface area (Å²) in [4.78, 5) is 16.7. The largest absolute Gasteiger partial charge is 0.497 e. The van der Waals surface area contributed by atoms with Crippen LogP contribution in [0.5, 0.6) is 17.2 Å². The van der Waals surface area contributed by atoms with Crippen molar-refractivity contribution >= 4 is 29.3 Å². The van der Waals surface area contributed by atoms with Gasteiger partial charge in [-0.3, -0.25) is 4.79 Å². The molecule has 1 amide bonds. The number of carbonyl (C=O) groups excluding carboxylic acids is 1. The summed E-state index contributed by atoms with van der Waals surface area (Å²) in [6.07, 6.45) is 3.33. The fourth-order valence-corrected chi connectivity index (χ4v) is 3.65. The molecule has 1 fully saturated rings. The van der Waals surface area contributed by atoms with Crippen LogP contribution in [0.25, 0.3) is 6.08 Å². The van der Waals surface area contributed by atoms with E-state index in [1.807, 2.05) is 42.2 Å². The molecule has 6 nitrogen and oxygen atoms in total. The highest BCUT2D eigenvalue weighted by Crippen LogP contribution is 2.36. The summed E-state index contributed by atoms with van der Waals surface area (Å²) in [6, 6.07) is 11.6.